The zero-order valence-corrected chi connectivity index (χ0v) is 15.6. The van der Waals surface area contributed by atoms with Crippen molar-refractivity contribution in [3.05, 3.63) is 85.7 Å². The lowest BCUT2D eigenvalue weighted by Crippen LogP contribution is -2.43. The summed E-state index contributed by atoms with van der Waals surface area (Å²) in [6.45, 7) is 5.68. The number of nitrogens with one attached hydrogen (secondary N) is 1. The van der Waals surface area contributed by atoms with Crippen LogP contribution in [0.3, 0.4) is 0 Å². The largest absolute Gasteiger partial charge is 0.351 e. The lowest BCUT2D eigenvalue weighted by molar-refractivity contribution is 0.101. The van der Waals surface area contributed by atoms with Crippen LogP contribution in [0.2, 0.25) is 0 Å². The van der Waals surface area contributed by atoms with Gasteiger partial charge in [0, 0.05) is 12.7 Å². The lowest BCUT2D eigenvalue weighted by atomic mass is 10.1. The molecular formula is C20H20N4O3. The van der Waals surface area contributed by atoms with Crippen LogP contribution in [0, 0.1) is 20.8 Å². The second-order valence-electron chi connectivity index (χ2n) is 6.52. The summed E-state index contributed by atoms with van der Waals surface area (Å²) in [5, 5.41) is 6.75. The highest BCUT2D eigenvalue weighted by molar-refractivity contribution is 6.03. The zero-order valence-electron chi connectivity index (χ0n) is 15.6. The van der Waals surface area contributed by atoms with Gasteiger partial charge in [-0.15, -0.1) is 0 Å². The van der Waals surface area contributed by atoms with Gasteiger partial charge in [0.15, 0.2) is 0 Å². The fourth-order valence-electron chi connectivity index (χ4n) is 2.62. The first-order valence-corrected chi connectivity index (χ1v) is 8.44. The molecule has 3 rings (SSSR count). The van der Waals surface area contributed by atoms with Gasteiger partial charge in [0.1, 0.15) is 0 Å². The Kier molecular flexibility index (Phi) is 4.77. The Hall–Kier alpha value is -3.48. The third-order valence-electron chi connectivity index (χ3n) is 4.31. The van der Waals surface area contributed by atoms with E-state index in [1.807, 2.05) is 51.1 Å². The molecule has 1 aromatic heterocycles. The average Bonchev–Trinajstić information content (AvgIpc) is 2.64. The van der Waals surface area contributed by atoms with Crippen molar-refractivity contribution in [2.45, 2.75) is 20.8 Å². The molecular weight excluding hydrogens is 344 g/mol. The maximum atomic E-state index is 12.7. The van der Waals surface area contributed by atoms with Crippen molar-refractivity contribution < 1.29 is 4.79 Å². The molecule has 27 heavy (non-hydrogen) atoms. The highest BCUT2D eigenvalue weighted by atomic mass is 16.2. The molecule has 7 nitrogen and oxygen atoms in total. The minimum absolute atomic E-state index is 0.349. The molecule has 138 valence electrons. The SMILES string of the molecule is Cc1ccc(-n2nc(C(=O)Nc3cc(C)ccc3C)c(=O)n(C)c2=O)cc1. The molecule has 0 saturated carbocycles. The van der Waals surface area contributed by atoms with Gasteiger partial charge < -0.3 is 5.32 Å². The van der Waals surface area contributed by atoms with E-state index in [1.54, 1.807) is 12.1 Å². The van der Waals surface area contributed by atoms with Gasteiger partial charge in [-0.25, -0.2) is 4.79 Å². The van der Waals surface area contributed by atoms with Crippen LogP contribution in [-0.4, -0.2) is 20.3 Å². The lowest BCUT2D eigenvalue weighted by Gasteiger charge is -2.11. The van der Waals surface area contributed by atoms with Crippen LogP contribution >= 0.6 is 0 Å². The fourth-order valence-corrected chi connectivity index (χ4v) is 2.62. The fraction of sp³-hybridized carbons (Fsp3) is 0.200. The summed E-state index contributed by atoms with van der Waals surface area (Å²) in [5.74, 6) is -0.662. The number of aromatic nitrogens is 3. The summed E-state index contributed by atoms with van der Waals surface area (Å²) in [5.41, 5.74) is 2.21. The minimum atomic E-state index is -0.744. The molecule has 0 aliphatic rings. The smallest absolute Gasteiger partial charge is 0.320 e. The van der Waals surface area contributed by atoms with E-state index in [4.69, 9.17) is 0 Å². The second-order valence-corrected chi connectivity index (χ2v) is 6.52. The molecule has 0 aliphatic heterocycles. The van der Waals surface area contributed by atoms with E-state index < -0.39 is 17.2 Å². The van der Waals surface area contributed by atoms with E-state index >= 15 is 0 Å². The third-order valence-corrected chi connectivity index (χ3v) is 4.31. The van der Waals surface area contributed by atoms with E-state index in [2.05, 4.69) is 10.4 Å². The number of carbonyl (C=O) groups is 1. The van der Waals surface area contributed by atoms with E-state index in [9.17, 15) is 14.4 Å². The molecule has 7 heteroatoms. The molecule has 0 bridgehead atoms. The van der Waals surface area contributed by atoms with E-state index in [-0.39, 0.29) is 5.69 Å². The maximum Gasteiger partial charge on any atom is 0.351 e. The molecule has 1 amide bonds. The predicted molar refractivity (Wildman–Crippen MR) is 104 cm³/mol. The van der Waals surface area contributed by atoms with E-state index in [1.165, 1.54) is 7.05 Å². The van der Waals surface area contributed by atoms with Crippen LogP contribution in [0.25, 0.3) is 5.69 Å². The third kappa shape index (κ3) is 3.57. The molecule has 0 fully saturated rings. The Morgan fingerprint density at radius 1 is 0.963 bits per heavy atom. The highest BCUT2D eigenvalue weighted by Gasteiger charge is 2.19. The van der Waals surface area contributed by atoms with Gasteiger partial charge >= 0.3 is 5.69 Å². The van der Waals surface area contributed by atoms with Gasteiger partial charge in [-0.05, 0) is 50.1 Å². The van der Waals surface area contributed by atoms with Crippen molar-refractivity contribution in [2.75, 3.05) is 5.32 Å². The zero-order chi connectivity index (χ0) is 19.7. The first-order valence-electron chi connectivity index (χ1n) is 8.44. The summed E-state index contributed by atoms with van der Waals surface area (Å²) in [7, 11) is 1.33. The van der Waals surface area contributed by atoms with Crippen molar-refractivity contribution >= 4 is 11.6 Å². The number of carbonyl (C=O) groups excluding carboxylic acids is 1. The van der Waals surface area contributed by atoms with Crippen LogP contribution in [0.15, 0.2) is 52.1 Å². The summed E-state index contributed by atoms with van der Waals surface area (Å²) < 4.78 is 1.93. The van der Waals surface area contributed by atoms with Crippen LogP contribution in [0.5, 0.6) is 0 Å². The number of benzene rings is 2. The van der Waals surface area contributed by atoms with Gasteiger partial charge in [-0.1, -0.05) is 29.8 Å². The molecule has 1 N–H and O–H groups in total. The number of nitrogens with zero attached hydrogens (tertiary/aromatic N) is 3. The predicted octanol–water partition coefficient (Wildman–Crippen LogP) is 2.11. The van der Waals surface area contributed by atoms with Gasteiger partial charge in [0.05, 0.1) is 5.69 Å². The molecule has 0 atom stereocenters. The minimum Gasteiger partial charge on any atom is -0.320 e. The van der Waals surface area contributed by atoms with Crippen molar-refractivity contribution in [1.82, 2.24) is 14.3 Å². The number of anilines is 1. The number of rotatable bonds is 3. The van der Waals surface area contributed by atoms with Gasteiger partial charge in [-0.3, -0.25) is 14.2 Å². The summed E-state index contributed by atoms with van der Waals surface area (Å²) >= 11 is 0. The first kappa shape index (κ1) is 18.3. The monoisotopic (exact) mass is 364 g/mol. The normalized spacial score (nSPS) is 10.7. The topological polar surface area (TPSA) is 86.0 Å². The molecule has 0 spiro atoms. The summed E-state index contributed by atoms with van der Waals surface area (Å²) in [6, 6.07) is 12.7. The average molecular weight is 364 g/mol. The Balaban J connectivity index is 2.08. The number of amides is 1. The van der Waals surface area contributed by atoms with Crippen molar-refractivity contribution in [2.24, 2.45) is 7.05 Å². The van der Waals surface area contributed by atoms with Crippen LogP contribution in [-0.2, 0) is 7.05 Å². The highest BCUT2D eigenvalue weighted by Crippen LogP contribution is 2.16. The standard InChI is InChI=1S/C20H20N4O3/c1-12-6-9-15(10-7-12)24-20(27)23(4)19(26)17(22-24)18(25)21-16-11-13(2)5-8-14(16)3/h5-11H,1-4H3,(H,21,25). The van der Waals surface area contributed by atoms with Gasteiger partial charge in [0.2, 0.25) is 5.69 Å². The second kappa shape index (κ2) is 7.03. The molecule has 1 heterocycles. The Bertz CT molecular complexity index is 1140. The van der Waals surface area contributed by atoms with Gasteiger partial charge in [0.25, 0.3) is 11.5 Å². The van der Waals surface area contributed by atoms with Crippen LogP contribution in [0.1, 0.15) is 27.2 Å². The molecule has 2 aromatic carbocycles. The maximum absolute atomic E-state index is 12.7. The molecule has 0 radical (unpaired) electrons. The van der Waals surface area contributed by atoms with Crippen LogP contribution < -0.4 is 16.6 Å². The number of hydrogen-bond donors (Lipinski definition) is 1. The molecule has 0 unspecified atom stereocenters. The van der Waals surface area contributed by atoms with Gasteiger partial charge in [-0.2, -0.15) is 9.78 Å². The Morgan fingerprint density at radius 3 is 2.26 bits per heavy atom. The van der Waals surface area contributed by atoms with Crippen molar-refractivity contribution in [1.29, 1.82) is 0 Å². The van der Waals surface area contributed by atoms with E-state index in [0.717, 1.165) is 25.9 Å². The van der Waals surface area contributed by atoms with E-state index in [0.29, 0.717) is 11.4 Å². The Labute approximate surface area is 155 Å². The van der Waals surface area contributed by atoms with Crippen LogP contribution in [0.4, 0.5) is 5.69 Å². The quantitative estimate of drug-likeness (QED) is 0.771. The molecule has 0 aliphatic carbocycles. The first-order chi connectivity index (χ1) is 12.8. The molecule has 3 aromatic rings. The van der Waals surface area contributed by atoms with Crippen molar-refractivity contribution in [3.63, 3.8) is 0 Å². The summed E-state index contributed by atoms with van der Waals surface area (Å²) in [4.78, 5) is 37.6. The number of aryl methyl sites for hydroxylation is 3. The molecule has 0 saturated heterocycles. The van der Waals surface area contributed by atoms with Crippen molar-refractivity contribution in [3.8, 4) is 5.69 Å². The Morgan fingerprint density at radius 2 is 1.59 bits per heavy atom. The number of hydrogen-bond acceptors (Lipinski definition) is 4. The summed E-state index contributed by atoms with van der Waals surface area (Å²) in [6.07, 6.45) is 0.